The minimum absolute atomic E-state index is 0.218. The quantitative estimate of drug-likeness (QED) is 0.508. The van der Waals surface area contributed by atoms with Crippen LogP contribution in [0.25, 0.3) is 0 Å². The van der Waals surface area contributed by atoms with Crippen molar-refractivity contribution in [3.05, 3.63) is 0 Å². The minimum Gasteiger partial charge on any atom is -0.248 e. The van der Waals surface area contributed by atoms with Crippen molar-refractivity contribution in [2.24, 2.45) is 0 Å². The highest BCUT2D eigenvalue weighted by atomic mass is 32.3. The van der Waals surface area contributed by atoms with E-state index in [0.29, 0.717) is 0 Å². The predicted molar refractivity (Wildman–Crippen MR) is 69.1 cm³/mol. The van der Waals surface area contributed by atoms with E-state index in [0.717, 1.165) is 32.1 Å². The average molecular weight is 266 g/mol. The standard InChI is InChI=1S/C12H26O4S/c1-3-5-7-8-9-10-12-16-17(13,14)15-11-6-4-2/h3-12H2,1-2H3. The summed E-state index contributed by atoms with van der Waals surface area (Å²) in [4.78, 5) is 0. The van der Waals surface area contributed by atoms with Gasteiger partial charge in [0, 0.05) is 0 Å². The first-order chi connectivity index (χ1) is 8.12. The van der Waals surface area contributed by atoms with Crippen LogP contribution in [-0.2, 0) is 18.8 Å². The summed E-state index contributed by atoms with van der Waals surface area (Å²) < 4.78 is 31.8. The summed E-state index contributed by atoms with van der Waals surface area (Å²) in [5.74, 6) is 0. The Kier molecular flexibility index (Phi) is 10.9. The normalized spacial score (nSPS) is 11.9. The predicted octanol–water partition coefficient (Wildman–Crippen LogP) is 3.43. The van der Waals surface area contributed by atoms with Crippen molar-refractivity contribution < 1.29 is 16.8 Å². The highest BCUT2D eigenvalue weighted by Crippen LogP contribution is 2.06. The maximum Gasteiger partial charge on any atom is 0.399 e. The second-order valence-corrected chi connectivity index (χ2v) is 5.46. The van der Waals surface area contributed by atoms with E-state index in [1.807, 2.05) is 6.92 Å². The van der Waals surface area contributed by atoms with Gasteiger partial charge in [0.2, 0.25) is 0 Å². The molecule has 0 saturated carbocycles. The Hall–Kier alpha value is -0.130. The molecule has 0 bridgehead atoms. The molecule has 0 amide bonds. The topological polar surface area (TPSA) is 52.6 Å². The first-order valence-corrected chi connectivity index (χ1v) is 7.99. The molecule has 0 fully saturated rings. The monoisotopic (exact) mass is 266 g/mol. The van der Waals surface area contributed by atoms with Gasteiger partial charge in [0.1, 0.15) is 0 Å². The molecule has 0 saturated heterocycles. The van der Waals surface area contributed by atoms with E-state index in [1.165, 1.54) is 19.3 Å². The Morgan fingerprint density at radius 3 is 1.76 bits per heavy atom. The maximum absolute atomic E-state index is 11.2. The van der Waals surface area contributed by atoms with Crippen LogP contribution in [0.2, 0.25) is 0 Å². The van der Waals surface area contributed by atoms with Gasteiger partial charge >= 0.3 is 10.4 Å². The molecule has 0 N–H and O–H groups in total. The Bertz CT molecular complexity index is 249. The zero-order valence-corrected chi connectivity index (χ0v) is 11.9. The molecule has 4 nitrogen and oxygen atoms in total. The molecule has 0 aliphatic carbocycles. The molecule has 17 heavy (non-hydrogen) atoms. The summed E-state index contributed by atoms with van der Waals surface area (Å²) in [5, 5.41) is 0. The van der Waals surface area contributed by atoms with Crippen molar-refractivity contribution in [1.29, 1.82) is 0 Å². The molecular weight excluding hydrogens is 240 g/mol. The van der Waals surface area contributed by atoms with Crippen molar-refractivity contribution in [1.82, 2.24) is 0 Å². The number of unbranched alkanes of at least 4 members (excludes halogenated alkanes) is 6. The van der Waals surface area contributed by atoms with E-state index < -0.39 is 10.4 Å². The fourth-order valence-electron chi connectivity index (χ4n) is 1.38. The van der Waals surface area contributed by atoms with Crippen LogP contribution in [0.4, 0.5) is 0 Å². The van der Waals surface area contributed by atoms with Crippen LogP contribution < -0.4 is 0 Å². The molecule has 0 aromatic heterocycles. The summed E-state index contributed by atoms with van der Waals surface area (Å²) in [6.07, 6.45) is 8.27. The lowest BCUT2D eigenvalue weighted by molar-refractivity contribution is 0.209. The van der Waals surface area contributed by atoms with Crippen LogP contribution in [0, 0.1) is 0 Å². The van der Waals surface area contributed by atoms with Crippen LogP contribution in [-0.4, -0.2) is 21.6 Å². The minimum atomic E-state index is -3.75. The van der Waals surface area contributed by atoms with Crippen molar-refractivity contribution in [3.63, 3.8) is 0 Å². The van der Waals surface area contributed by atoms with Gasteiger partial charge in [-0.25, -0.2) is 8.37 Å². The second kappa shape index (κ2) is 11.0. The summed E-state index contributed by atoms with van der Waals surface area (Å²) >= 11 is 0. The van der Waals surface area contributed by atoms with Gasteiger partial charge in [-0.05, 0) is 12.8 Å². The number of hydrogen-bond acceptors (Lipinski definition) is 4. The molecule has 0 rings (SSSR count). The number of hydrogen-bond donors (Lipinski definition) is 0. The third-order valence-electron chi connectivity index (χ3n) is 2.45. The van der Waals surface area contributed by atoms with E-state index in [2.05, 4.69) is 11.1 Å². The lowest BCUT2D eigenvalue weighted by Crippen LogP contribution is -2.11. The Balaban J connectivity index is 3.39. The molecule has 0 aliphatic rings. The summed E-state index contributed by atoms with van der Waals surface area (Å²) in [7, 11) is -3.75. The van der Waals surface area contributed by atoms with E-state index in [1.54, 1.807) is 0 Å². The van der Waals surface area contributed by atoms with E-state index in [4.69, 9.17) is 4.18 Å². The van der Waals surface area contributed by atoms with Crippen LogP contribution in [0.5, 0.6) is 0 Å². The van der Waals surface area contributed by atoms with Crippen LogP contribution in [0.15, 0.2) is 0 Å². The van der Waals surface area contributed by atoms with E-state index in [-0.39, 0.29) is 13.2 Å². The fraction of sp³-hybridized carbons (Fsp3) is 1.00. The van der Waals surface area contributed by atoms with Crippen LogP contribution >= 0.6 is 0 Å². The lowest BCUT2D eigenvalue weighted by atomic mass is 10.1. The highest BCUT2D eigenvalue weighted by Gasteiger charge is 2.10. The molecule has 104 valence electrons. The average Bonchev–Trinajstić information content (AvgIpc) is 2.28. The molecule has 0 aliphatic heterocycles. The van der Waals surface area contributed by atoms with Gasteiger partial charge in [0.15, 0.2) is 0 Å². The molecule has 0 heterocycles. The maximum atomic E-state index is 11.2. The molecule has 5 heteroatoms. The highest BCUT2D eigenvalue weighted by molar-refractivity contribution is 7.81. The first-order valence-electron chi connectivity index (χ1n) is 6.66. The lowest BCUT2D eigenvalue weighted by Gasteiger charge is -2.05. The van der Waals surface area contributed by atoms with Gasteiger partial charge in [0.05, 0.1) is 13.2 Å². The van der Waals surface area contributed by atoms with Crippen molar-refractivity contribution in [2.75, 3.05) is 13.2 Å². The van der Waals surface area contributed by atoms with E-state index in [9.17, 15) is 8.42 Å². The molecule has 0 spiro atoms. The SMILES string of the molecule is CCCCCCCCOS(=O)(=O)OCCCC. The van der Waals surface area contributed by atoms with Crippen molar-refractivity contribution >= 4 is 10.4 Å². The van der Waals surface area contributed by atoms with Crippen LogP contribution in [0.1, 0.15) is 65.2 Å². The van der Waals surface area contributed by atoms with Crippen molar-refractivity contribution in [2.45, 2.75) is 65.2 Å². The molecular formula is C12H26O4S. The zero-order chi connectivity index (χ0) is 13.0. The first kappa shape index (κ1) is 16.9. The summed E-state index contributed by atoms with van der Waals surface area (Å²) in [5.41, 5.74) is 0. The third-order valence-corrected chi connectivity index (χ3v) is 3.36. The molecule has 0 unspecified atom stereocenters. The van der Waals surface area contributed by atoms with E-state index >= 15 is 0 Å². The van der Waals surface area contributed by atoms with Gasteiger partial charge in [-0.15, -0.1) is 0 Å². The van der Waals surface area contributed by atoms with Gasteiger partial charge in [-0.1, -0.05) is 52.4 Å². The smallest absolute Gasteiger partial charge is 0.248 e. The Labute approximate surface area is 106 Å². The van der Waals surface area contributed by atoms with Gasteiger partial charge in [0.25, 0.3) is 0 Å². The van der Waals surface area contributed by atoms with Crippen LogP contribution in [0.3, 0.4) is 0 Å². The summed E-state index contributed by atoms with van der Waals surface area (Å²) in [6, 6.07) is 0. The number of rotatable bonds is 12. The van der Waals surface area contributed by atoms with Gasteiger partial charge in [-0.3, -0.25) is 0 Å². The Morgan fingerprint density at radius 2 is 1.18 bits per heavy atom. The molecule has 0 aromatic rings. The summed E-state index contributed by atoms with van der Waals surface area (Å²) in [6.45, 7) is 4.60. The molecule has 0 radical (unpaired) electrons. The Morgan fingerprint density at radius 1 is 0.706 bits per heavy atom. The molecule has 0 atom stereocenters. The second-order valence-electron chi connectivity index (χ2n) is 4.17. The largest absolute Gasteiger partial charge is 0.399 e. The van der Waals surface area contributed by atoms with Gasteiger partial charge < -0.3 is 0 Å². The molecule has 0 aromatic carbocycles. The zero-order valence-electron chi connectivity index (χ0n) is 11.1. The van der Waals surface area contributed by atoms with Crippen molar-refractivity contribution in [3.8, 4) is 0 Å². The fourth-order valence-corrected chi connectivity index (χ4v) is 2.09. The third kappa shape index (κ3) is 12.1. The van der Waals surface area contributed by atoms with Gasteiger partial charge in [-0.2, -0.15) is 8.42 Å².